The lowest BCUT2D eigenvalue weighted by Crippen LogP contribution is -2.53. The van der Waals surface area contributed by atoms with E-state index in [9.17, 15) is 35.9 Å². The molecule has 122 valence electrons. The third-order valence-electron chi connectivity index (χ3n) is 2.63. The average Bonchev–Trinajstić information content (AvgIpc) is 2.36. The Morgan fingerprint density at radius 1 is 0.864 bits per heavy atom. The highest BCUT2D eigenvalue weighted by molar-refractivity contribution is 6.01. The maximum atomic E-state index is 13.5. The number of aliphatic hydroxyl groups is 1. The Balaban J connectivity index is 3.54. The van der Waals surface area contributed by atoms with Crippen LogP contribution in [0.1, 0.15) is 26.3 Å². The van der Waals surface area contributed by atoms with Crippen LogP contribution in [0.3, 0.4) is 0 Å². The Morgan fingerprint density at radius 2 is 1.32 bits per heavy atom. The monoisotopic (exact) mass is 332 g/mol. The number of benzene rings is 1. The molecule has 0 aliphatic heterocycles. The van der Waals surface area contributed by atoms with Crippen LogP contribution >= 0.6 is 0 Å². The second kappa shape index (κ2) is 5.16. The van der Waals surface area contributed by atoms with Crippen molar-refractivity contribution in [2.75, 3.05) is 0 Å². The number of halogens is 6. The molecule has 3 N–H and O–H groups in total. The lowest BCUT2D eigenvalue weighted by atomic mass is 9.96. The molecule has 0 aliphatic carbocycles. The van der Waals surface area contributed by atoms with E-state index in [1.807, 2.05) is 0 Å². The zero-order valence-corrected chi connectivity index (χ0v) is 10.2. The summed E-state index contributed by atoms with van der Waals surface area (Å²) >= 11 is 0. The summed E-state index contributed by atoms with van der Waals surface area (Å²) in [7, 11) is 0. The molecular weight excluding hydrogens is 326 g/mol. The quantitative estimate of drug-likeness (QED) is 0.736. The number of hydrogen-bond donors (Lipinski definition) is 3. The molecule has 1 aromatic carbocycles. The van der Waals surface area contributed by atoms with E-state index in [0.717, 1.165) is 0 Å². The van der Waals surface area contributed by atoms with Crippen molar-refractivity contribution in [1.82, 2.24) is 0 Å². The summed E-state index contributed by atoms with van der Waals surface area (Å²) < 4.78 is 76.6. The van der Waals surface area contributed by atoms with Gasteiger partial charge in [0.2, 0.25) is 0 Å². The van der Waals surface area contributed by atoms with Gasteiger partial charge in [0.05, 0.1) is 11.1 Å². The predicted molar refractivity (Wildman–Crippen MR) is 56.4 cm³/mol. The first-order valence-corrected chi connectivity index (χ1v) is 5.20. The first-order valence-electron chi connectivity index (χ1n) is 5.20. The highest BCUT2D eigenvalue weighted by atomic mass is 19.4. The topological polar surface area (TPSA) is 94.8 Å². The molecule has 0 aliphatic rings. The van der Waals surface area contributed by atoms with E-state index in [4.69, 9.17) is 15.3 Å². The Morgan fingerprint density at radius 3 is 1.68 bits per heavy atom. The third-order valence-corrected chi connectivity index (χ3v) is 2.63. The second-order valence-electron chi connectivity index (χ2n) is 4.06. The molecule has 1 aromatic rings. The molecule has 0 saturated carbocycles. The van der Waals surface area contributed by atoms with Gasteiger partial charge in [-0.15, -0.1) is 0 Å². The lowest BCUT2D eigenvalue weighted by molar-refractivity contribution is -0.390. The molecule has 0 amide bonds. The maximum absolute atomic E-state index is 13.5. The minimum Gasteiger partial charge on any atom is -0.478 e. The number of aromatic carboxylic acids is 2. The molecule has 1 unspecified atom stereocenters. The van der Waals surface area contributed by atoms with E-state index in [-0.39, 0.29) is 18.2 Å². The number of rotatable bonds is 4. The number of carbonyl (C=O) groups is 2. The summed E-state index contributed by atoms with van der Waals surface area (Å²) in [4.78, 5) is 21.5. The van der Waals surface area contributed by atoms with Gasteiger partial charge in [-0.3, -0.25) is 0 Å². The van der Waals surface area contributed by atoms with Crippen molar-refractivity contribution >= 4 is 11.9 Å². The van der Waals surface area contributed by atoms with Crippen LogP contribution in [0.25, 0.3) is 0 Å². The van der Waals surface area contributed by atoms with Gasteiger partial charge < -0.3 is 15.3 Å². The summed E-state index contributed by atoms with van der Waals surface area (Å²) in [6, 6.07) is 0.190. The van der Waals surface area contributed by atoms with Crippen LogP contribution in [0.2, 0.25) is 0 Å². The average molecular weight is 332 g/mol. The molecule has 1 rings (SSSR count). The molecule has 11 heteroatoms. The maximum Gasteiger partial charge on any atom is 0.455 e. The Hall–Kier alpha value is -2.30. The Kier molecular flexibility index (Phi) is 4.16. The van der Waals surface area contributed by atoms with Crippen LogP contribution in [0.4, 0.5) is 26.3 Å². The van der Waals surface area contributed by atoms with Crippen molar-refractivity contribution < 1.29 is 51.3 Å². The molecule has 22 heavy (non-hydrogen) atoms. The summed E-state index contributed by atoms with van der Waals surface area (Å²) in [6.07, 6.45) is -6.37. The van der Waals surface area contributed by atoms with Gasteiger partial charge in [-0.2, -0.15) is 26.3 Å². The van der Waals surface area contributed by atoms with Crippen molar-refractivity contribution in [2.45, 2.75) is 18.0 Å². The highest BCUT2D eigenvalue weighted by Gasteiger charge is 2.71. The fraction of sp³-hybridized carbons (Fsp3) is 0.273. The van der Waals surface area contributed by atoms with Crippen LogP contribution in [0.5, 0.6) is 0 Å². The van der Waals surface area contributed by atoms with E-state index in [1.54, 1.807) is 0 Å². The first-order chi connectivity index (χ1) is 9.73. The zero-order chi connectivity index (χ0) is 17.5. The molecule has 0 spiro atoms. The number of alkyl halides is 6. The van der Waals surface area contributed by atoms with Crippen LogP contribution in [0.15, 0.2) is 18.2 Å². The molecule has 5 nitrogen and oxygen atoms in total. The van der Waals surface area contributed by atoms with Crippen molar-refractivity contribution in [1.29, 1.82) is 0 Å². The number of carboxylic acid groups (broad SMARTS) is 2. The molecule has 0 bridgehead atoms. The molecule has 1 atom stereocenters. The summed E-state index contributed by atoms with van der Waals surface area (Å²) in [6.45, 7) is 0. The minimum atomic E-state index is -6.37. The fourth-order valence-electron chi connectivity index (χ4n) is 1.47. The SMILES string of the molecule is O=C(O)c1ccc(C(F)(F)C(O)(F)C(F)(F)F)cc1C(=O)O. The van der Waals surface area contributed by atoms with E-state index in [0.29, 0.717) is 0 Å². The van der Waals surface area contributed by atoms with E-state index in [1.165, 1.54) is 0 Å². The highest BCUT2D eigenvalue weighted by Crippen LogP contribution is 2.49. The standard InChI is InChI=1S/C11H6F6O5/c12-9(13,10(14,22)11(15,16)17)4-1-2-5(7(18)19)6(3-4)8(20)21/h1-3,22H,(H,18,19)(H,20,21). The van der Waals surface area contributed by atoms with Crippen molar-refractivity contribution in [3.8, 4) is 0 Å². The fourth-order valence-corrected chi connectivity index (χ4v) is 1.47. The summed E-state index contributed by atoms with van der Waals surface area (Å²) in [5, 5.41) is 25.8. The van der Waals surface area contributed by atoms with Gasteiger partial charge in [-0.25, -0.2) is 9.59 Å². The zero-order valence-electron chi connectivity index (χ0n) is 10.2. The molecule has 0 fully saturated rings. The second-order valence-corrected chi connectivity index (χ2v) is 4.06. The normalized spacial score (nSPS) is 15.2. The van der Waals surface area contributed by atoms with Gasteiger partial charge in [-0.05, 0) is 12.1 Å². The van der Waals surface area contributed by atoms with Gasteiger partial charge in [0, 0.05) is 5.56 Å². The first kappa shape index (κ1) is 17.8. The minimum absolute atomic E-state index is 0.0756. The summed E-state index contributed by atoms with van der Waals surface area (Å²) in [5.41, 5.74) is -4.14. The Labute approximate surface area is 117 Å². The molecule has 0 saturated heterocycles. The Bertz CT molecular complexity index is 622. The molecule has 0 radical (unpaired) electrons. The van der Waals surface area contributed by atoms with Gasteiger partial charge >= 0.3 is 29.9 Å². The van der Waals surface area contributed by atoms with Gasteiger partial charge in [0.25, 0.3) is 0 Å². The number of carboxylic acids is 2. The van der Waals surface area contributed by atoms with Crippen molar-refractivity contribution in [3.05, 3.63) is 34.9 Å². The third kappa shape index (κ3) is 2.71. The van der Waals surface area contributed by atoms with Crippen LogP contribution in [-0.4, -0.2) is 39.3 Å². The number of hydrogen-bond acceptors (Lipinski definition) is 3. The predicted octanol–water partition coefficient (Wildman–Crippen LogP) is 2.40. The van der Waals surface area contributed by atoms with Gasteiger partial charge in [-0.1, -0.05) is 6.07 Å². The van der Waals surface area contributed by atoms with E-state index >= 15 is 0 Å². The van der Waals surface area contributed by atoms with Crippen molar-refractivity contribution in [3.63, 3.8) is 0 Å². The lowest BCUT2D eigenvalue weighted by Gasteiger charge is -2.30. The van der Waals surface area contributed by atoms with Crippen LogP contribution in [-0.2, 0) is 5.92 Å². The largest absolute Gasteiger partial charge is 0.478 e. The van der Waals surface area contributed by atoms with Gasteiger partial charge in [0.15, 0.2) is 0 Å². The molecular formula is C11H6F6O5. The van der Waals surface area contributed by atoms with Crippen LogP contribution < -0.4 is 0 Å². The molecule has 0 heterocycles. The van der Waals surface area contributed by atoms with E-state index < -0.39 is 46.6 Å². The summed E-state index contributed by atoms with van der Waals surface area (Å²) in [5.74, 6) is -15.4. The van der Waals surface area contributed by atoms with Gasteiger partial charge in [0.1, 0.15) is 0 Å². The molecule has 0 aromatic heterocycles. The smallest absolute Gasteiger partial charge is 0.455 e. The van der Waals surface area contributed by atoms with Crippen molar-refractivity contribution in [2.24, 2.45) is 0 Å². The van der Waals surface area contributed by atoms with Crippen LogP contribution in [0, 0.1) is 0 Å². The van der Waals surface area contributed by atoms with E-state index in [2.05, 4.69) is 0 Å².